The Morgan fingerprint density at radius 3 is 2.89 bits per heavy atom. The van der Waals surface area contributed by atoms with Gasteiger partial charge >= 0.3 is 5.97 Å². The summed E-state index contributed by atoms with van der Waals surface area (Å²) >= 11 is 0. The molecule has 0 spiro atoms. The fourth-order valence-corrected chi connectivity index (χ4v) is 1.81. The smallest absolute Gasteiger partial charge is 0.327 e. The summed E-state index contributed by atoms with van der Waals surface area (Å²) in [7, 11) is 0. The van der Waals surface area contributed by atoms with E-state index < -0.39 is 17.9 Å². The minimum atomic E-state index is -1.12. The average molecular weight is 246 g/mol. The highest BCUT2D eigenvalue weighted by atomic mass is 16.4. The lowest BCUT2D eigenvalue weighted by Gasteiger charge is -2.13. The van der Waals surface area contributed by atoms with Crippen molar-refractivity contribution in [1.29, 1.82) is 0 Å². The molecule has 0 radical (unpaired) electrons. The Balaban J connectivity index is 2.08. The van der Waals surface area contributed by atoms with Gasteiger partial charge in [0.1, 0.15) is 11.7 Å². The van der Waals surface area contributed by atoms with Crippen molar-refractivity contribution < 1.29 is 14.7 Å². The van der Waals surface area contributed by atoms with Crippen LogP contribution >= 0.6 is 0 Å². The first-order chi connectivity index (χ1) is 8.63. The number of nitrogens with one attached hydrogen (secondary N) is 1. The van der Waals surface area contributed by atoms with Gasteiger partial charge in [-0.25, -0.2) is 4.79 Å². The van der Waals surface area contributed by atoms with Gasteiger partial charge in [-0.15, -0.1) is 12.3 Å². The van der Waals surface area contributed by atoms with Crippen LogP contribution in [0.2, 0.25) is 0 Å². The average Bonchev–Trinajstić information content (AvgIpc) is 3.06. The zero-order valence-corrected chi connectivity index (χ0v) is 9.80. The van der Waals surface area contributed by atoms with Crippen LogP contribution in [0.25, 0.3) is 0 Å². The van der Waals surface area contributed by atoms with Gasteiger partial charge in [0.05, 0.1) is 0 Å². The number of terminal acetylenes is 1. The number of aliphatic carboxylic acids is 1. The fourth-order valence-electron chi connectivity index (χ4n) is 1.81. The van der Waals surface area contributed by atoms with Crippen LogP contribution in [0.15, 0.2) is 18.3 Å². The van der Waals surface area contributed by atoms with E-state index in [4.69, 9.17) is 11.5 Å². The first-order valence-electron chi connectivity index (χ1n) is 5.77. The molecule has 1 heterocycles. The summed E-state index contributed by atoms with van der Waals surface area (Å²) in [5.41, 5.74) is 0.487. The third kappa shape index (κ3) is 2.54. The third-order valence-corrected chi connectivity index (χ3v) is 2.88. The van der Waals surface area contributed by atoms with Gasteiger partial charge in [0, 0.05) is 18.7 Å². The lowest BCUT2D eigenvalue weighted by Crippen LogP contribution is -2.41. The second-order valence-electron chi connectivity index (χ2n) is 4.30. The van der Waals surface area contributed by atoms with Crippen LogP contribution in [0.1, 0.15) is 35.8 Å². The van der Waals surface area contributed by atoms with E-state index in [-0.39, 0.29) is 6.42 Å². The van der Waals surface area contributed by atoms with Crippen LogP contribution in [0.3, 0.4) is 0 Å². The van der Waals surface area contributed by atoms with E-state index in [1.807, 2.05) is 10.8 Å². The summed E-state index contributed by atoms with van der Waals surface area (Å²) in [6.07, 6.45) is 9.01. The van der Waals surface area contributed by atoms with Crippen LogP contribution in [0.4, 0.5) is 0 Å². The maximum absolute atomic E-state index is 12.0. The Bertz CT molecular complexity index is 509. The number of carbonyl (C=O) groups is 2. The van der Waals surface area contributed by atoms with Crippen molar-refractivity contribution in [3.63, 3.8) is 0 Å². The number of carboxylic acids is 1. The molecule has 1 aromatic rings. The maximum Gasteiger partial charge on any atom is 0.327 e. The highest BCUT2D eigenvalue weighted by molar-refractivity contribution is 5.95. The zero-order chi connectivity index (χ0) is 13.1. The van der Waals surface area contributed by atoms with E-state index in [9.17, 15) is 9.59 Å². The van der Waals surface area contributed by atoms with Gasteiger partial charge in [-0.05, 0) is 25.0 Å². The number of carbonyl (C=O) groups excluding carboxylic acids is 1. The highest BCUT2D eigenvalue weighted by Crippen LogP contribution is 2.35. The molecule has 1 aromatic heterocycles. The van der Waals surface area contributed by atoms with Gasteiger partial charge in [-0.1, -0.05) is 0 Å². The molecular weight excluding hydrogens is 232 g/mol. The molecular formula is C13H14N2O3. The van der Waals surface area contributed by atoms with Crippen LogP contribution in [0, 0.1) is 12.3 Å². The van der Waals surface area contributed by atoms with Crippen molar-refractivity contribution in [3.05, 3.63) is 24.0 Å². The molecule has 1 unspecified atom stereocenters. The summed E-state index contributed by atoms with van der Waals surface area (Å²) in [5.74, 6) is 0.734. The number of rotatable bonds is 5. The molecule has 1 atom stereocenters. The minimum absolute atomic E-state index is 0.0226. The van der Waals surface area contributed by atoms with Crippen molar-refractivity contribution >= 4 is 11.9 Å². The maximum atomic E-state index is 12.0. The molecule has 0 bridgehead atoms. The molecule has 1 fully saturated rings. The van der Waals surface area contributed by atoms with Crippen LogP contribution in [0.5, 0.6) is 0 Å². The Labute approximate surface area is 105 Å². The van der Waals surface area contributed by atoms with Gasteiger partial charge in [-0.2, -0.15) is 0 Å². The van der Waals surface area contributed by atoms with Crippen molar-refractivity contribution in [2.24, 2.45) is 0 Å². The number of hydrogen-bond acceptors (Lipinski definition) is 2. The van der Waals surface area contributed by atoms with Crippen molar-refractivity contribution in [2.75, 3.05) is 0 Å². The third-order valence-electron chi connectivity index (χ3n) is 2.88. The van der Waals surface area contributed by atoms with Gasteiger partial charge in [0.25, 0.3) is 5.91 Å². The molecule has 5 heteroatoms. The van der Waals surface area contributed by atoms with E-state index in [0.29, 0.717) is 11.7 Å². The SMILES string of the molecule is C#CCC(NC(=O)c1cccn1C1CC1)C(=O)O. The molecule has 94 valence electrons. The molecule has 1 amide bonds. The number of hydrogen-bond donors (Lipinski definition) is 2. The van der Waals surface area contributed by atoms with Crippen LogP contribution < -0.4 is 5.32 Å². The summed E-state index contributed by atoms with van der Waals surface area (Å²) < 4.78 is 1.88. The first kappa shape index (κ1) is 12.2. The number of aromatic nitrogens is 1. The molecule has 5 nitrogen and oxygen atoms in total. The van der Waals surface area contributed by atoms with Crippen molar-refractivity contribution in [1.82, 2.24) is 9.88 Å². The van der Waals surface area contributed by atoms with Gasteiger partial charge in [-0.3, -0.25) is 4.79 Å². The zero-order valence-electron chi connectivity index (χ0n) is 9.80. The second kappa shape index (κ2) is 4.96. The van der Waals surface area contributed by atoms with E-state index >= 15 is 0 Å². The first-order valence-corrected chi connectivity index (χ1v) is 5.77. The standard InChI is InChI=1S/C13H14N2O3/c1-2-4-10(13(17)18)14-12(16)11-5-3-8-15(11)9-6-7-9/h1,3,5,8-10H,4,6-7H2,(H,14,16)(H,17,18). The number of nitrogens with zero attached hydrogens (tertiary/aromatic N) is 1. The predicted octanol–water partition coefficient (Wildman–Crippen LogP) is 1.03. The quantitative estimate of drug-likeness (QED) is 0.762. The molecule has 1 saturated carbocycles. The van der Waals surface area contributed by atoms with Crippen molar-refractivity contribution in [2.45, 2.75) is 31.3 Å². The van der Waals surface area contributed by atoms with E-state index in [1.54, 1.807) is 12.1 Å². The van der Waals surface area contributed by atoms with Gasteiger partial charge in [0.2, 0.25) is 0 Å². The molecule has 1 aliphatic carbocycles. The van der Waals surface area contributed by atoms with E-state index in [2.05, 4.69) is 11.2 Å². The van der Waals surface area contributed by atoms with E-state index in [1.165, 1.54) is 0 Å². The second-order valence-corrected chi connectivity index (χ2v) is 4.30. The fraction of sp³-hybridized carbons (Fsp3) is 0.385. The van der Waals surface area contributed by atoms with Gasteiger partial charge in [0.15, 0.2) is 0 Å². The van der Waals surface area contributed by atoms with Gasteiger partial charge < -0.3 is 15.0 Å². The van der Waals surface area contributed by atoms with Crippen molar-refractivity contribution in [3.8, 4) is 12.3 Å². The molecule has 18 heavy (non-hydrogen) atoms. The molecule has 0 aliphatic heterocycles. The van der Waals surface area contributed by atoms with Crippen LogP contribution in [-0.2, 0) is 4.79 Å². The molecule has 0 aromatic carbocycles. The summed E-state index contributed by atoms with van der Waals surface area (Å²) in [6, 6.07) is 2.80. The summed E-state index contributed by atoms with van der Waals surface area (Å²) in [5, 5.41) is 11.4. The monoisotopic (exact) mass is 246 g/mol. The number of amides is 1. The summed E-state index contributed by atoms with van der Waals surface area (Å²) in [4.78, 5) is 22.9. The Morgan fingerprint density at radius 1 is 1.61 bits per heavy atom. The van der Waals surface area contributed by atoms with E-state index in [0.717, 1.165) is 12.8 Å². The van der Waals surface area contributed by atoms with Crippen LogP contribution in [-0.4, -0.2) is 27.6 Å². The predicted molar refractivity (Wildman–Crippen MR) is 65.0 cm³/mol. The highest BCUT2D eigenvalue weighted by Gasteiger charge is 2.28. The Hall–Kier alpha value is -2.22. The number of carboxylic acid groups (broad SMARTS) is 1. The Kier molecular flexibility index (Phi) is 3.38. The Morgan fingerprint density at radius 2 is 2.33 bits per heavy atom. The largest absolute Gasteiger partial charge is 0.480 e. The lowest BCUT2D eigenvalue weighted by molar-refractivity contribution is -0.139. The molecule has 0 saturated heterocycles. The minimum Gasteiger partial charge on any atom is -0.480 e. The normalized spacial score (nSPS) is 15.7. The molecule has 2 rings (SSSR count). The molecule has 1 aliphatic rings. The molecule has 2 N–H and O–H groups in total. The summed E-state index contributed by atoms with van der Waals surface area (Å²) in [6.45, 7) is 0. The lowest BCUT2D eigenvalue weighted by atomic mass is 10.2. The topological polar surface area (TPSA) is 71.3 Å².